The number of aliphatic carboxylic acids is 1. The number of carbonyl (C=O) groups is 1. The molecule has 0 amide bonds. The number of thiazole rings is 1. The molecule has 0 saturated heterocycles. The summed E-state index contributed by atoms with van der Waals surface area (Å²) in [6, 6.07) is 9.84. The summed E-state index contributed by atoms with van der Waals surface area (Å²) in [4.78, 5) is 20.1. The second-order valence-electron chi connectivity index (χ2n) is 5.38. The van der Waals surface area contributed by atoms with Crippen LogP contribution in [0.15, 0.2) is 41.9 Å². The van der Waals surface area contributed by atoms with Crippen molar-refractivity contribution in [3.8, 4) is 10.6 Å². The second kappa shape index (κ2) is 4.93. The number of rotatable bonds is 3. The zero-order valence-corrected chi connectivity index (χ0v) is 12.5. The predicted octanol–water partition coefficient (Wildman–Crippen LogP) is 3.72. The topological polar surface area (TPSA) is 63.1 Å². The summed E-state index contributed by atoms with van der Waals surface area (Å²) in [6.07, 6.45) is 1.76. The highest BCUT2D eigenvalue weighted by Gasteiger charge is 2.32. The van der Waals surface area contributed by atoms with Crippen LogP contribution in [0.3, 0.4) is 0 Å². The van der Waals surface area contributed by atoms with Gasteiger partial charge in [0.2, 0.25) is 0 Å². The Morgan fingerprint density at radius 1 is 1.29 bits per heavy atom. The lowest BCUT2D eigenvalue weighted by atomic mass is 9.90. The highest BCUT2D eigenvalue weighted by molar-refractivity contribution is 7.13. The Morgan fingerprint density at radius 2 is 2.10 bits per heavy atom. The van der Waals surface area contributed by atoms with Gasteiger partial charge in [0.25, 0.3) is 0 Å². The van der Waals surface area contributed by atoms with Crippen LogP contribution in [0.25, 0.3) is 21.5 Å². The third kappa shape index (κ3) is 2.40. The zero-order valence-electron chi connectivity index (χ0n) is 11.7. The molecule has 1 aromatic carbocycles. The van der Waals surface area contributed by atoms with Crippen LogP contribution in [0, 0.1) is 0 Å². The number of aromatic nitrogens is 2. The SMILES string of the molecule is CC(C)(C(=O)O)c1csc(-c2ccc3ncccc3c2)n1. The van der Waals surface area contributed by atoms with Crippen molar-refractivity contribution >= 4 is 28.2 Å². The van der Waals surface area contributed by atoms with E-state index in [-0.39, 0.29) is 0 Å². The molecule has 0 unspecified atom stereocenters. The van der Waals surface area contributed by atoms with Gasteiger partial charge in [0, 0.05) is 22.5 Å². The fourth-order valence-electron chi connectivity index (χ4n) is 2.01. The molecule has 2 aromatic heterocycles. The van der Waals surface area contributed by atoms with Gasteiger partial charge in [-0.3, -0.25) is 9.78 Å². The highest BCUT2D eigenvalue weighted by Crippen LogP contribution is 2.31. The number of hydrogen-bond donors (Lipinski definition) is 1. The second-order valence-corrected chi connectivity index (χ2v) is 6.24. The summed E-state index contributed by atoms with van der Waals surface area (Å²) >= 11 is 1.46. The number of fused-ring (bicyclic) bond motifs is 1. The van der Waals surface area contributed by atoms with Crippen LogP contribution in [-0.2, 0) is 10.2 Å². The fourth-order valence-corrected chi connectivity index (χ4v) is 3.00. The first-order valence-electron chi connectivity index (χ1n) is 6.53. The lowest BCUT2D eigenvalue weighted by Gasteiger charge is -2.15. The van der Waals surface area contributed by atoms with Gasteiger partial charge in [-0.15, -0.1) is 11.3 Å². The van der Waals surface area contributed by atoms with E-state index < -0.39 is 11.4 Å². The molecule has 21 heavy (non-hydrogen) atoms. The predicted molar refractivity (Wildman–Crippen MR) is 83.5 cm³/mol. The number of pyridine rings is 1. The minimum absolute atomic E-state index is 0.585. The van der Waals surface area contributed by atoms with Gasteiger partial charge in [0.05, 0.1) is 11.2 Å². The smallest absolute Gasteiger partial charge is 0.315 e. The molecule has 0 fully saturated rings. The highest BCUT2D eigenvalue weighted by atomic mass is 32.1. The van der Waals surface area contributed by atoms with E-state index in [1.165, 1.54) is 11.3 Å². The van der Waals surface area contributed by atoms with E-state index in [4.69, 9.17) is 0 Å². The molecule has 0 aliphatic rings. The molecular formula is C16H14N2O2S. The first kappa shape index (κ1) is 13.7. The van der Waals surface area contributed by atoms with Crippen molar-refractivity contribution in [2.45, 2.75) is 19.3 Å². The van der Waals surface area contributed by atoms with Crippen molar-refractivity contribution < 1.29 is 9.90 Å². The Balaban J connectivity index is 2.04. The molecule has 2 heterocycles. The monoisotopic (exact) mass is 298 g/mol. The quantitative estimate of drug-likeness (QED) is 0.800. The maximum Gasteiger partial charge on any atom is 0.315 e. The van der Waals surface area contributed by atoms with E-state index in [2.05, 4.69) is 9.97 Å². The molecule has 5 heteroatoms. The molecular weight excluding hydrogens is 284 g/mol. The van der Waals surface area contributed by atoms with E-state index in [1.54, 1.807) is 20.0 Å². The summed E-state index contributed by atoms with van der Waals surface area (Å²) in [7, 11) is 0. The Labute approximate surface area is 126 Å². The maximum atomic E-state index is 11.3. The molecule has 3 rings (SSSR count). The lowest BCUT2D eigenvalue weighted by molar-refractivity contribution is -0.142. The molecule has 0 aliphatic carbocycles. The van der Waals surface area contributed by atoms with Gasteiger partial charge in [-0.1, -0.05) is 6.07 Å². The van der Waals surface area contributed by atoms with Gasteiger partial charge in [0.15, 0.2) is 0 Å². The third-order valence-electron chi connectivity index (χ3n) is 3.53. The van der Waals surface area contributed by atoms with Gasteiger partial charge < -0.3 is 5.11 Å². The molecule has 0 aliphatic heterocycles. The number of nitrogens with zero attached hydrogens (tertiary/aromatic N) is 2. The van der Waals surface area contributed by atoms with Crippen molar-refractivity contribution in [2.75, 3.05) is 0 Å². The standard InChI is InChI=1S/C16H14N2O2S/c1-16(2,15(19)20)13-9-21-14(18-13)11-5-6-12-10(8-11)4-3-7-17-12/h3-9H,1-2H3,(H,19,20). The maximum absolute atomic E-state index is 11.3. The van der Waals surface area contributed by atoms with Crippen molar-refractivity contribution in [2.24, 2.45) is 0 Å². The fraction of sp³-hybridized carbons (Fsp3) is 0.188. The Morgan fingerprint density at radius 3 is 2.86 bits per heavy atom. The minimum atomic E-state index is -0.979. The van der Waals surface area contributed by atoms with Crippen LogP contribution in [0.4, 0.5) is 0 Å². The zero-order chi connectivity index (χ0) is 15.0. The van der Waals surface area contributed by atoms with Gasteiger partial charge in [-0.25, -0.2) is 4.98 Å². The number of carboxylic acid groups (broad SMARTS) is 1. The van der Waals surface area contributed by atoms with Crippen molar-refractivity contribution in [3.63, 3.8) is 0 Å². The van der Waals surface area contributed by atoms with Crippen LogP contribution in [0.5, 0.6) is 0 Å². The molecule has 1 N–H and O–H groups in total. The summed E-state index contributed by atoms with van der Waals surface area (Å²) in [6.45, 7) is 3.33. The Hall–Kier alpha value is -2.27. The van der Waals surface area contributed by atoms with Crippen LogP contribution < -0.4 is 0 Å². The molecule has 106 valence electrons. The number of hydrogen-bond acceptors (Lipinski definition) is 4. The van der Waals surface area contributed by atoms with Gasteiger partial charge in [-0.05, 0) is 38.1 Å². The van der Waals surface area contributed by atoms with Crippen LogP contribution in [0.2, 0.25) is 0 Å². The van der Waals surface area contributed by atoms with Crippen molar-refractivity contribution in [3.05, 3.63) is 47.6 Å². The lowest BCUT2D eigenvalue weighted by Crippen LogP contribution is -2.28. The van der Waals surface area contributed by atoms with E-state index >= 15 is 0 Å². The summed E-state index contributed by atoms with van der Waals surface area (Å²) in [5.74, 6) is -0.873. The van der Waals surface area contributed by atoms with Gasteiger partial charge in [-0.2, -0.15) is 0 Å². The van der Waals surface area contributed by atoms with Crippen LogP contribution in [0.1, 0.15) is 19.5 Å². The normalized spacial score (nSPS) is 11.7. The molecule has 0 spiro atoms. The van der Waals surface area contributed by atoms with E-state index in [9.17, 15) is 9.90 Å². The van der Waals surface area contributed by atoms with Crippen molar-refractivity contribution in [1.29, 1.82) is 0 Å². The minimum Gasteiger partial charge on any atom is -0.481 e. The van der Waals surface area contributed by atoms with Crippen LogP contribution >= 0.6 is 11.3 Å². The van der Waals surface area contributed by atoms with Gasteiger partial charge >= 0.3 is 5.97 Å². The average molecular weight is 298 g/mol. The molecule has 3 aromatic rings. The van der Waals surface area contributed by atoms with Crippen LogP contribution in [-0.4, -0.2) is 21.0 Å². The largest absolute Gasteiger partial charge is 0.481 e. The van der Waals surface area contributed by atoms with E-state index in [0.29, 0.717) is 5.69 Å². The molecule has 0 atom stereocenters. The molecule has 0 saturated carbocycles. The molecule has 0 bridgehead atoms. The third-order valence-corrected chi connectivity index (χ3v) is 4.42. The summed E-state index contributed by atoms with van der Waals surface area (Å²) in [5.41, 5.74) is 1.52. The van der Waals surface area contributed by atoms with E-state index in [1.807, 2.05) is 35.7 Å². The van der Waals surface area contributed by atoms with Crippen molar-refractivity contribution in [1.82, 2.24) is 9.97 Å². The van der Waals surface area contributed by atoms with Gasteiger partial charge in [0.1, 0.15) is 10.4 Å². The summed E-state index contributed by atoms with van der Waals surface area (Å²) < 4.78 is 0. The molecule has 4 nitrogen and oxygen atoms in total. The average Bonchev–Trinajstić information content (AvgIpc) is 2.97. The number of carboxylic acids is 1. The Kier molecular flexibility index (Phi) is 3.22. The first-order chi connectivity index (χ1) is 9.98. The molecule has 0 radical (unpaired) electrons. The summed E-state index contributed by atoms with van der Waals surface area (Å²) in [5, 5.41) is 13.0. The number of benzene rings is 1. The van der Waals surface area contributed by atoms with E-state index in [0.717, 1.165) is 21.5 Å². The first-order valence-corrected chi connectivity index (χ1v) is 7.41. The Bertz CT molecular complexity index is 824.